The van der Waals surface area contributed by atoms with Crippen LogP contribution >= 0.6 is 0 Å². The third-order valence-electron chi connectivity index (χ3n) is 3.96. The van der Waals surface area contributed by atoms with Crippen LogP contribution in [0, 0.1) is 6.92 Å². The first kappa shape index (κ1) is 14.3. The average molecular weight is 263 g/mol. The molecule has 19 heavy (non-hydrogen) atoms. The minimum atomic E-state index is -0.259. The smallest absolute Gasteiger partial charge is 0.225 e. The standard InChI is InChI=1S/C15H25N3O/c1-10(2)12-9-11(3)16-15(17-12)18(4)13-7-5-6-8-14(13)19/h9-10,13-14,19H,5-8H2,1-4H3. The molecule has 2 rings (SSSR count). The molecule has 1 N–H and O–H groups in total. The van der Waals surface area contributed by atoms with Crippen LogP contribution in [0.3, 0.4) is 0 Å². The predicted octanol–water partition coefficient (Wildman–Crippen LogP) is 2.65. The zero-order valence-electron chi connectivity index (χ0n) is 12.4. The summed E-state index contributed by atoms with van der Waals surface area (Å²) in [6, 6.07) is 2.19. The number of rotatable bonds is 3. The minimum absolute atomic E-state index is 0.149. The van der Waals surface area contributed by atoms with E-state index in [-0.39, 0.29) is 12.1 Å². The van der Waals surface area contributed by atoms with Gasteiger partial charge in [0.15, 0.2) is 0 Å². The molecule has 0 saturated heterocycles. The minimum Gasteiger partial charge on any atom is -0.391 e. The SMILES string of the molecule is Cc1cc(C(C)C)nc(N(C)C2CCCCC2O)n1. The van der Waals surface area contributed by atoms with E-state index < -0.39 is 0 Å². The molecule has 0 radical (unpaired) electrons. The lowest BCUT2D eigenvalue weighted by atomic mass is 9.92. The van der Waals surface area contributed by atoms with E-state index in [1.807, 2.05) is 20.0 Å². The van der Waals surface area contributed by atoms with Crippen LogP contribution in [-0.4, -0.2) is 34.3 Å². The van der Waals surface area contributed by atoms with Gasteiger partial charge in [0.2, 0.25) is 5.95 Å². The Labute approximate surface area is 115 Å². The second-order valence-electron chi connectivity index (χ2n) is 5.92. The Balaban J connectivity index is 2.24. The first-order chi connectivity index (χ1) is 8.99. The normalized spacial score (nSPS) is 23.7. The molecule has 1 aromatic rings. The number of aliphatic hydroxyl groups excluding tert-OH is 1. The third-order valence-corrected chi connectivity index (χ3v) is 3.96. The summed E-state index contributed by atoms with van der Waals surface area (Å²) in [7, 11) is 2.00. The van der Waals surface area contributed by atoms with Crippen molar-refractivity contribution in [2.45, 2.75) is 64.5 Å². The van der Waals surface area contributed by atoms with Gasteiger partial charge in [-0.25, -0.2) is 9.97 Å². The maximum Gasteiger partial charge on any atom is 0.225 e. The fourth-order valence-electron chi connectivity index (χ4n) is 2.72. The van der Waals surface area contributed by atoms with Crippen LogP contribution in [0.15, 0.2) is 6.07 Å². The van der Waals surface area contributed by atoms with E-state index in [0.29, 0.717) is 5.92 Å². The van der Waals surface area contributed by atoms with E-state index in [1.165, 1.54) is 6.42 Å². The lowest BCUT2D eigenvalue weighted by molar-refractivity contribution is 0.105. The Morgan fingerprint density at radius 2 is 1.95 bits per heavy atom. The van der Waals surface area contributed by atoms with Gasteiger partial charge < -0.3 is 10.0 Å². The molecule has 2 atom stereocenters. The van der Waals surface area contributed by atoms with Gasteiger partial charge in [-0.05, 0) is 31.7 Å². The fourth-order valence-corrected chi connectivity index (χ4v) is 2.72. The van der Waals surface area contributed by atoms with E-state index in [2.05, 4.69) is 28.7 Å². The molecule has 106 valence electrons. The molecule has 1 saturated carbocycles. The first-order valence-electron chi connectivity index (χ1n) is 7.25. The lowest BCUT2D eigenvalue weighted by Gasteiger charge is -2.35. The van der Waals surface area contributed by atoms with Gasteiger partial charge in [0.25, 0.3) is 0 Å². The van der Waals surface area contributed by atoms with Gasteiger partial charge in [-0.2, -0.15) is 0 Å². The zero-order chi connectivity index (χ0) is 14.0. The Morgan fingerprint density at radius 3 is 2.58 bits per heavy atom. The number of aryl methyl sites for hydroxylation is 1. The molecule has 1 aliphatic rings. The summed E-state index contributed by atoms with van der Waals surface area (Å²) in [6.07, 6.45) is 3.95. The third kappa shape index (κ3) is 3.24. The summed E-state index contributed by atoms with van der Waals surface area (Å²) in [5, 5.41) is 10.2. The largest absolute Gasteiger partial charge is 0.391 e. The molecule has 0 spiro atoms. The van der Waals surface area contributed by atoms with Gasteiger partial charge in [0.1, 0.15) is 0 Å². The van der Waals surface area contributed by atoms with E-state index in [4.69, 9.17) is 0 Å². The van der Waals surface area contributed by atoms with Gasteiger partial charge in [-0.1, -0.05) is 26.7 Å². The Kier molecular flexibility index (Phi) is 4.40. The second kappa shape index (κ2) is 5.87. The Bertz CT molecular complexity index is 433. The number of hydrogen-bond acceptors (Lipinski definition) is 4. The van der Waals surface area contributed by atoms with Crippen molar-refractivity contribution in [1.29, 1.82) is 0 Å². The average Bonchev–Trinajstić information content (AvgIpc) is 2.37. The summed E-state index contributed by atoms with van der Waals surface area (Å²) in [6.45, 7) is 6.28. The van der Waals surface area contributed by atoms with Crippen LogP contribution in [0.25, 0.3) is 0 Å². The van der Waals surface area contributed by atoms with Crippen LogP contribution in [0.1, 0.15) is 56.8 Å². The number of nitrogens with zero attached hydrogens (tertiary/aromatic N) is 3. The predicted molar refractivity (Wildman–Crippen MR) is 77.5 cm³/mol. The summed E-state index contributed by atoms with van der Waals surface area (Å²) in [5.41, 5.74) is 2.06. The quantitative estimate of drug-likeness (QED) is 0.911. The molecule has 0 aliphatic heterocycles. The van der Waals surface area contributed by atoms with Crippen molar-refractivity contribution in [3.8, 4) is 0 Å². The topological polar surface area (TPSA) is 49.2 Å². The van der Waals surface area contributed by atoms with Gasteiger partial charge in [-0.3, -0.25) is 0 Å². The van der Waals surface area contributed by atoms with Crippen LogP contribution in [-0.2, 0) is 0 Å². The first-order valence-corrected chi connectivity index (χ1v) is 7.25. The van der Waals surface area contributed by atoms with Crippen molar-refractivity contribution in [2.24, 2.45) is 0 Å². The number of anilines is 1. The second-order valence-corrected chi connectivity index (χ2v) is 5.92. The Hall–Kier alpha value is -1.16. The monoisotopic (exact) mass is 263 g/mol. The molecule has 2 unspecified atom stereocenters. The molecular weight excluding hydrogens is 238 g/mol. The molecule has 4 nitrogen and oxygen atoms in total. The van der Waals surface area contributed by atoms with Crippen LogP contribution in [0.4, 0.5) is 5.95 Å². The maximum atomic E-state index is 10.2. The van der Waals surface area contributed by atoms with Crippen molar-refractivity contribution in [3.63, 3.8) is 0 Å². The highest BCUT2D eigenvalue weighted by atomic mass is 16.3. The van der Waals surface area contributed by atoms with Crippen LogP contribution < -0.4 is 4.90 Å². The number of aromatic nitrogens is 2. The molecule has 1 fully saturated rings. The fraction of sp³-hybridized carbons (Fsp3) is 0.733. The molecule has 1 heterocycles. The molecule has 1 aliphatic carbocycles. The van der Waals surface area contributed by atoms with Crippen molar-refractivity contribution >= 4 is 5.95 Å². The van der Waals surface area contributed by atoms with Crippen molar-refractivity contribution in [2.75, 3.05) is 11.9 Å². The van der Waals surface area contributed by atoms with E-state index >= 15 is 0 Å². The molecule has 0 amide bonds. The number of likely N-dealkylation sites (N-methyl/N-ethyl adjacent to an activating group) is 1. The molecular formula is C15H25N3O. The summed E-state index contributed by atoms with van der Waals surface area (Å²) >= 11 is 0. The van der Waals surface area contributed by atoms with Crippen LogP contribution in [0.2, 0.25) is 0 Å². The van der Waals surface area contributed by atoms with Gasteiger partial charge in [0, 0.05) is 18.4 Å². The summed E-state index contributed by atoms with van der Waals surface area (Å²) in [5.74, 6) is 1.14. The van der Waals surface area contributed by atoms with Crippen molar-refractivity contribution in [1.82, 2.24) is 9.97 Å². The van der Waals surface area contributed by atoms with Crippen molar-refractivity contribution in [3.05, 3.63) is 17.5 Å². The highest BCUT2D eigenvalue weighted by Crippen LogP contribution is 2.25. The van der Waals surface area contributed by atoms with Crippen LogP contribution in [0.5, 0.6) is 0 Å². The van der Waals surface area contributed by atoms with Gasteiger partial charge in [-0.15, -0.1) is 0 Å². The number of aliphatic hydroxyl groups is 1. The molecule has 4 heteroatoms. The summed E-state index contributed by atoms with van der Waals surface area (Å²) < 4.78 is 0. The van der Waals surface area contributed by atoms with E-state index in [9.17, 15) is 5.11 Å². The Morgan fingerprint density at radius 1 is 1.26 bits per heavy atom. The molecule has 0 bridgehead atoms. The molecule has 0 aromatic carbocycles. The van der Waals surface area contributed by atoms with Gasteiger partial charge in [0.05, 0.1) is 12.1 Å². The molecule has 1 aromatic heterocycles. The van der Waals surface area contributed by atoms with E-state index in [0.717, 1.165) is 36.6 Å². The highest BCUT2D eigenvalue weighted by Gasteiger charge is 2.28. The van der Waals surface area contributed by atoms with Gasteiger partial charge >= 0.3 is 0 Å². The van der Waals surface area contributed by atoms with Crippen molar-refractivity contribution < 1.29 is 5.11 Å². The number of hydrogen-bond donors (Lipinski definition) is 1. The maximum absolute atomic E-state index is 10.2. The van der Waals surface area contributed by atoms with E-state index in [1.54, 1.807) is 0 Å². The zero-order valence-corrected chi connectivity index (χ0v) is 12.4. The summed E-state index contributed by atoms with van der Waals surface area (Å²) in [4.78, 5) is 11.2. The highest BCUT2D eigenvalue weighted by molar-refractivity contribution is 5.34. The lowest BCUT2D eigenvalue weighted by Crippen LogP contribution is -2.44.